The minimum atomic E-state index is -1.78. The summed E-state index contributed by atoms with van der Waals surface area (Å²) in [5.41, 5.74) is -0.302. The fraction of sp³-hybridized carbons (Fsp3) is 0.462. The fourth-order valence-corrected chi connectivity index (χ4v) is 2.80. The Morgan fingerprint density at radius 2 is 1.88 bits per heavy atom. The molecule has 1 heterocycles. The van der Waals surface area contributed by atoms with Crippen molar-refractivity contribution in [1.82, 2.24) is 4.90 Å². The highest BCUT2D eigenvalue weighted by Crippen LogP contribution is 2.44. The van der Waals surface area contributed by atoms with Gasteiger partial charge in [0.25, 0.3) is 10.9 Å². The maximum absolute atomic E-state index is 14.3. The van der Waals surface area contributed by atoms with E-state index in [1.165, 1.54) is 0 Å². The van der Waals surface area contributed by atoms with Crippen LogP contribution in [0.5, 0.6) is 0 Å². The Hall–Kier alpha value is -1.03. The summed E-state index contributed by atoms with van der Waals surface area (Å²) >= 11 is 1.00. The van der Waals surface area contributed by atoms with Gasteiger partial charge in [0.1, 0.15) is 0 Å². The molecule has 1 aromatic rings. The van der Waals surface area contributed by atoms with Gasteiger partial charge in [-0.25, -0.2) is 4.39 Å². The van der Waals surface area contributed by atoms with E-state index in [4.69, 9.17) is 0 Å². The zero-order valence-corrected chi connectivity index (χ0v) is 11.1. The number of hydrogen-bond donors (Lipinski definition) is 0. The normalized spacial score (nSPS) is 24.7. The zero-order chi connectivity index (χ0) is 12.7. The third-order valence-corrected chi connectivity index (χ3v) is 3.89. The van der Waals surface area contributed by atoms with E-state index in [-0.39, 0.29) is 12.1 Å². The third kappa shape index (κ3) is 2.32. The highest BCUT2D eigenvalue weighted by Gasteiger charge is 2.57. The maximum atomic E-state index is 14.3. The molecule has 0 spiro atoms. The van der Waals surface area contributed by atoms with Gasteiger partial charge in [0.15, 0.2) is 0 Å². The summed E-state index contributed by atoms with van der Waals surface area (Å²) in [6, 6.07) is 9.20. The van der Waals surface area contributed by atoms with Gasteiger partial charge in [0, 0.05) is 10.4 Å². The monoisotopic (exact) mass is 253 g/mol. The van der Waals surface area contributed by atoms with Crippen LogP contribution in [0.15, 0.2) is 35.2 Å². The molecular weight excluding hydrogens is 237 g/mol. The molecule has 2 rings (SSSR count). The van der Waals surface area contributed by atoms with E-state index in [1.807, 2.05) is 51.1 Å². The summed E-state index contributed by atoms with van der Waals surface area (Å²) in [4.78, 5) is 14.2. The second-order valence-corrected chi connectivity index (χ2v) is 6.53. The molecule has 0 bridgehead atoms. The van der Waals surface area contributed by atoms with E-state index in [2.05, 4.69) is 0 Å². The van der Waals surface area contributed by atoms with Gasteiger partial charge in [-0.05, 0) is 32.9 Å². The van der Waals surface area contributed by atoms with Crippen molar-refractivity contribution in [1.29, 1.82) is 0 Å². The van der Waals surface area contributed by atoms with E-state index in [1.54, 1.807) is 4.90 Å². The van der Waals surface area contributed by atoms with Crippen molar-refractivity contribution in [2.24, 2.45) is 0 Å². The Bertz CT molecular complexity index is 429. The first-order chi connectivity index (χ1) is 7.83. The van der Waals surface area contributed by atoms with Crippen LogP contribution in [0.1, 0.15) is 20.8 Å². The molecule has 0 saturated carbocycles. The van der Waals surface area contributed by atoms with Crippen LogP contribution in [-0.4, -0.2) is 27.9 Å². The summed E-state index contributed by atoms with van der Waals surface area (Å²) in [6.45, 7) is 5.90. The smallest absolute Gasteiger partial charge is 0.273 e. The lowest BCUT2D eigenvalue weighted by Gasteiger charge is -2.49. The van der Waals surface area contributed by atoms with E-state index < -0.39 is 10.9 Å². The molecule has 17 heavy (non-hydrogen) atoms. The van der Waals surface area contributed by atoms with E-state index >= 15 is 0 Å². The van der Waals surface area contributed by atoms with Crippen molar-refractivity contribution in [3.63, 3.8) is 0 Å². The van der Waals surface area contributed by atoms with Crippen molar-refractivity contribution < 1.29 is 9.18 Å². The highest BCUT2D eigenvalue weighted by molar-refractivity contribution is 8.01. The Labute approximate surface area is 105 Å². The van der Waals surface area contributed by atoms with Gasteiger partial charge in [-0.15, -0.1) is 0 Å². The van der Waals surface area contributed by atoms with Crippen molar-refractivity contribution in [3.8, 4) is 0 Å². The number of carbonyl (C=O) groups is 1. The molecule has 2 nitrogen and oxygen atoms in total. The van der Waals surface area contributed by atoms with Gasteiger partial charge >= 0.3 is 0 Å². The molecule has 0 radical (unpaired) electrons. The Balaban J connectivity index is 2.07. The van der Waals surface area contributed by atoms with Gasteiger partial charge in [0.05, 0.1) is 6.54 Å². The summed E-state index contributed by atoms with van der Waals surface area (Å²) in [7, 11) is 0. The minimum absolute atomic E-state index is 0.162. The van der Waals surface area contributed by atoms with Crippen LogP contribution >= 0.6 is 11.8 Å². The summed E-state index contributed by atoms with van der Waals surface area (Å²) < 4.78 is 14.3. The number of nitrogens with zero attached hydrogens (tertiary/aromatic N) is 1. The quantitative estimate of drug-likeness (QED) is 0.755. The van der Waals surface area contributed by atoms with Gasteiger partial charge in [-0.2, -0.15) is 0 Å². The Morgan fingerprint density at radius 1 is 1.29 bits per heavy atom. The third-order valence-electron chi connectivity index (χ3n) is 2.76. The minimum Gasteiger partial charge on any atom is -0.330 e. The van der Waals surface area contributed by atoms with Crippen molar-refractivity contribution in [3.05, 3.63) is 30.3 Å². The summed E-state index contributed by atoms with van der Waals surface area (Å²) in [6.07, 6.45) is 0. The predicted octanol–water partition coefficient (Wildman–Crippen LogP) is 3.09. The average Bonchev–Trinajstić information content (AvgIpc) is 2.26. The van der Waals surface area contributed by atoms with Gasteiger partial charge < -0.3 is 4.90 Å². The first-order valence-corrected chi connectivity index (χ1v) is 6.40. The lowest BCUT2D eigenvalue weighted by Crippen LogP contribution is -2.67. The number of amides is 1. The van der Waals surface area contributed by atoms with Crippen LogP contribution in [0.25, 0.3) is 0 Å². The molecule has 1 fully saturated rings. The molecule has 4 heteroatoms. The van der Waals surface area contributed by atoms with Gasteiger partial charge in [-0.3, -0.25) is 4.79 Å². The molecule has 1 amide bonds. The van der Waals surface area contributed by atoms with Crippen LogP contribution < -0.4 is 0 Å². The van der Waals surface area contributed by atoms with Crippen LogP contribution in [0.2, 0.25) is 0 Å². The molecule has 92 valence electrons. The fourth-order valence-electron chi connectivity index (χ4n) is 1.75. The zero-order valence-electron chi connectivity index (χ0n) is 10.2. The number of alkyl halides is 1. The lowest BCUT2D eigenvalue weighted by molar-refractivity contribution is -0.160. The summed E-state index contributed by atoms with van der Waals surface area (Å²) in [5, 5.41) is -1.78. The van der Waals surface area contributed by atoms with E-state index in [9.17, 15) is 9.18 Å². The molecule has 0 N–H and O–H groups in total. The molecule has 1 aromatic carbocycles. The molecule has 0 aromatic heterocycles. The number of β-lactam (4-membered cyclic amide) rings is 1. The number of thioether (sulfide) groups is 1. The molecule has 1 aliphatic heterocycles. The number of hydrogen-bond acceptors (Lipinski definition) is 2. The Morgan fingerprint density at radius 3 is 2.35 bits per heavy atom. The SMILES string of the molecule is CC(C)(C)N1CC(F)(Sc2ccccc2)C1=O. The number of carbonyl (C=O) groups excluding carboxylic acids is 1. The first kappa shape index (κ1) is 12.4. The molecular formula is C13H16FNOS. The van der Waals surface area contributed by atoms with E-state index in [0.717, 1.165) is 16.7 Å². The Kier molecular flexibility index (Phi) is 2.94. The van der Waals surface area contributed by atoms with Crippen LogP contribution in [0.4, 0.5) is 4.39 Å². The van der Waals surface area contributed by atoms with Gasteiger partial charge in [-0.1, -0.05) is 30.0 Å². The van der Waals surface area contributed by atoms with E-state index in [0.29, 0.717) is 0 Å². The standard InChI is InChI=1S/C13H16FNOS/c1-12(2,3)15-9-13(14,11(15)16)17-10-7-5-4-6-8-10/h4-8H,9H2,1-3H3. The van der Waals surface area contributed by atoms with Crippen molar-refractivity contribution in [2.75, 3.05) is 6.54 Å². The van der Waals surface area contributed by atoms with Gasteiger partial charge in [0.2, 0.25) is 0 Å². The van der Waals surface area contributed by atoms with Crippen LogP contribution in [0, 0.1) is 0 Å². The number of benzene rings is 1. The molecule has 0 aliphatic carbocycles. The highest BCUT2D eigenvalue weighted by atomic mass is 32.2. The van der Waals surface area contributed by atoms with Crippen molar-refractivity contribution >= 4 is 17.7 Å². The van der Waals surface area contributed by atoms with Crippen molar-refractivity contribution in [2.45, 2.75) is 36.2 Å². The maximum Gasteiger partial charge on any atom is 0.273 e. The topological polar surface area (TPSA) is 20.3 Å². The second-order valence-electron chi connectivity index (χ2n) is 5.21. The van der Waals surface area contributed by atoms with Crippen LogP contribution in [-0.2, 0) is 4.79 Å². The average molecular weight is 253 g/mol. The largest absolute Gasteiger partial charge is 0.330 e. The summed E-state index contributed by atoms with van der Waals surface area (Å²) in [5.74, 6) is -0.418. The molecule has 1 aliphatic rings. The lowest BCUT2D eigenvalue weighted by atomic mass is 9.99. The number of rotatable bonds is 2. The molecule has 1 unspecified atom stereocenters. The first-order valence-electron chi connectivity index (χ1n) is 5.58. The predicted molar refractivity (Wildman–Crippen MR) is 67.6 cm³/mol. The number of halogens is 1. The van der Waals surface area contributed by atoms with Crippen LogP contribution in [0.3, 0.4) is 0 Å². The molecule has 1 saturated heterocycles. The molecule has 1 atom stereocenters. The second kappa shape index (κ2) is 4.02. The number of likely N-dealkylation sites (tertiary alicyclic amines) is 1.